The Balaban J connectivity index is 1.31. The van der Waals surface area contributed by atoms with E-state index in [4.69, 9.17) is 4.74 Å². The highest BCUT2D eigenvalue weighted by Crippen LogP contribution is 2.39. The molecular weight excluding hydrogens is 484 g/mol. The van der Waals surface area contributed by atoms with Crippen molar-refractivity contribution in [2.75, 3.05) is 5.75 Å². The van der Waals surface area contributed by atoms with Crippen molar-refractivity contribution in [3.63, 3.8) is 0 Å². The summed E-state index contributed by atoms with van der Waals surface area (Å²) >= 11 is 2.83. The largest absolute Gasteiger partial charge is 0.451 e. The van der Waals surface area contributed by atoms with Gasteiger partial charge in [0, 0.05) is 10.6 Å². The molecule has 3 aromatic rings. The molecule has 2 saturated heterocycles. The Kier molecular flexibility index (Phi) is 6.90. The van der Waals surface area contributed by atoms with Gasteiger partial charge in [-0.25, -0.2) is 4.79 Å². The van der Waals surface area contributed by atoms with Gasteiger partial charge in [-0.3, -0.25) is 9.59 Å². The Hall–Kier alpha value is -3.14. The van der Waals surface area contributed by atoms with E-state index in [1.54, 1.807) is 0 Å². The highest BCUT2D eigenvalue weighted by molar-refractivity contribution is 8.00. The summed E-state index contributed by atoms with van der Waals surface area (Å²) in [6.07, 6.45) is -1.55. The van der Waals surface area contributed by atoms with Gasteiger partial charge in [0.2, 0.25) is 11.8 Å². The topological polar surface area (TPSA) is 95.9 Å². The van der Waals surface area contributed by atoms with Crippen LogP contribution in [0.2, 0.25) is 0 Å². The summed E-state index contributed by atoms with van der Waals surface area (Å²) in [5, 5.41) is 14.9. The van der Waals surface area contributed by atoms with Crippen LogP contribution in [0, 0.1) is 0 Å². The molecule has 2 aromatic carbocycles. The molecule has 0 bridgehead atoms. The lowest BCUT2D eigenvalue weighted by atomic mass is 9.98. The van der Waals surface area contributed by atoms with Crippen molar-refractivity contribution in [2.24, 2.45) is 0 Å². The van der Waals surface area contributed by atoms with Crippen LogP contribution in [0.3, 0.4) is 0 Å². The number of esters is 1. The summed E-state index contributed by atoms with van der Waals surface area (Å²) in [5.41, 5.74) is 1.58. The molecule has 7 nitrogen and oxygen atoms in total. The van der Waals surface area contributed by atoms with E-state index in [1.807, 2.05) is 78.2 Å². The summed E-state index contributed by atoms with van der Waals surface area (Å²) in [4.78, 5) is 41.1. The molecule has 2 aliphatic rings. The molecule has 5 rings (SSSR count). The molecule has 2 aliphatic heterocycles. The van der Waals surface area contributed by atoms with Crippen molar-refractivity contribution < 1.29 is 24.2 Å². The zero-order valence-electron chi connectivity index (χ0n) is 18.7. The second-order valence-corrected chi connectivity index (χ2v) is 10.6. The summed E-state index contributed by atoms with van der Waals surface area (Å²) in [7, 11) is 0. The van der Waals surface area contributed by atoms with Crippen molar-refractivity contribution in [3.05, 3.63) is 94.2 Å². The number of thioether (sulfide) groups is 1. The van der Waals surface area contributed by atoms with E-state index < -0.39 is 41.5 Å². The van der Waals surface area contributed by atoms with Crippen LogP contribution in [-0.2, 0) is 25.5 Å². The zero-order chi connectivity index (χ0) is 24.4. The molecule has 2 amide bonds. The number of ether oxygens (including phenoxy) is 1. The molecule has 2 N–H and O–H groups in total. The highest BCUT2D eigenvalue weighted by atomic mass is 32.2. The first-order valence-electron chi connectivity index (χ1n) is 11.3. The number of aliphatic hydroxyl groups is 1. The Morgan fingerprint density at radius 1 is 1.03 bits per heavy atom. The molecule has 0 saturated carbocycles. The minimum absolute atomic E-state index is 0.197. The smallest absolute Gasteiger partial charge is 0.332 e. The van der Waals surface area contributed by atoms with E-state index in [0.29, 0.717) is 0 Å². The van der Waals surface area contributed by atoms with Crippen LogP contribution in [0.5, 0.6) is 0 Å². The van der Waals surface area contributed by atoms with Gasteiger partial charge in [0.1, 0.15) is 11.4 Å². The summed E-state index contributed by atoms with van der Waals surface area (Å²) in [6.45, 7) is 0. The minimum Gasteiger partial charge on any atom is -0.451 e. The van der Waals surface area contributed by atoms with E-state index in [2.05, 4.69) is 5.32 Å². The molecular formula is C26H24N2O5S2. The predicted octanol–water partition coefficient (Wildman–Crippen LogP) is 2.75. The SMILES string of the molecule is O=C(Cc1cccs1)N[C@@H]1C(=O)N2[C@@H]1SCC(O)[C@@H]2C(=O)OC(c1ccccc1)c1ccccc1. The quantitative estimate of drug-likeness (QED) is 0.376. The molecule has 2 fully saturated rings. The van der Waals surface area contributed by atoms with Crippen molar-refractivity contribution in [3.8, 4) is 0 Å². The third-order valence-electron chi connectivity index (χ3n) is 6.09. The van der Waals surface area contributed by atoms with Crippen molar-refractivity contribution in [2.45, 2.75) is 36.1 Å². The van der Waals surface area contributed by atoms with Crippen LogP contribution in [0.4, 0.5) is 0 Å². The molecule has 4 atom stereocenters. The van der Waals surface area contributed by atoms with Gasteiger partial charge >= 0.3 is 5.97 Å². The van der Waals surface area contributed by atoms with E-state index in [9.17, 15) is 19.5 Å². The van der Waals surface area contributed by atoms with E-state index >= 15 is 0 Å². The zero-order valence-corrected chi connectivity index (χ0v) is 20.3. The Labute approximate surface area is 211 Å². The fourth-order valence-corrected chi connectivity index (χ4v) is 6.45. The molecule has 3 heterocycles. The molecule has 0 radical (unpaired) electrons. The lowest BCUT2D eigenvalue weighted by Gasteiger charge is -2.53. The Morgan fingerprint density at radius 2 is 1.69 bits per heavy atom. The number of nitrogens with one attached hydrogen (secondary N) is 1. The maximum atomic E-state index is 13.4. The monoisotopic (exact) mass is 508 g/mol. The molecule has 35 heavy (non-hydrogen) atoms. The van der Waals surface area contributed by atoms with Gasteiger partial charge in [0.25, 0.3) is 0 Å². The number of carbonyl (C=O) groups is 3. The third-order valence-corrected chi connectivity index (χ3v) is 8.34. The van der Waals surface area contributed by atoms with Crippen LogP contribution in [-0.4, -0.2) is 57.1 Å². The van der Waals surface area contributed by atoms with Gasteiger partial charge in [-0.05, 0) is 22.6 Å². The number of hydrogen-bond donors (Lipinski definition) is 2. The number of aliphatic hydroxyl groups excluding tert-OH is 1. The Bertz CT molecular complexity index is 1150. The summed E-state index contributed by atoms with van der Waals surface area (Å²) < 4.78 is 5.93. The molecule has 1 unspecified atom stereocenters. The number of β-lactam (4-membered cyclic amide) rings is 1. The van der Waals surface area contributed by atoms with Crippen LogP contribution in [0.1, 0.15) is 22.1 Å². The number of amides is 2. The number of thiophene rings is 1. The van der Waals surface area contributed by atoms with Crippen molar-refractivity contribution in [1.29, 1.82) is 0 Å². The van der Waals surface area contributed by atoms with Crippen LogP contribution in [0.25, 0.3) is 0 Å². The van der Waals surface area contributed by atoms with Crippen LogP contribution in [0.15, 0.2) is 78.2 Å². The first-order valence-corrected chi connectivity index (χ1v) is 13.2. The second-order valence-electron chi connectivity index (χ2n) is 8.42. The van der Waals surface area contributed by atoms with Crippen LogP contribution >= 0.6 is 23.1 Å². The maximum absolute atomic E-state index is 13.4. The number of fused-ring (bicyclic) bond motifs is 1. The van der Waals surface area contributed by atoms with Crippen LogP contribution < -0.4 is 5.32 Å². The average Bonchev–Trinajstić information content (AvgIpc) is 3.39. The normalized spacial score (nSPS) is 23.4. The molecule has 0 spiro atoms. The molecule has 0 aliphatic carbocycles. The number of benzene rings is 2. The van der Waals surface area contributed by atoms with Gasteiger partial charge in [-0.1, -0.05) is 66.7 Å². The van der Waals surface area contributed by atoms with E-state index in [-0.39, 0.29) is 18.1 Å². The fourth-order valence-electron chi connectivity index (χ4n) is 4.40. The third kappa shape index (κ3) is 4.84. The Morgan fingerprint density at radius 3 is 2.29 bits per heavy atom. The molecule has 1 aromatic heterocycles. The minimum atomic E-state index is -1.13. The first kappa shape index (κ1) is 23.6. The molecule has 180 valence electrons. The summed E-state index contributed by atoms with van der Waals surface area (Å²) in [6, 6.07) is 20.6. The van der Waals surface area contributed by atoms with E-state index in [0.717, 1.165) is 16.0 Å². The van der Waals surface area contributed by atoms with E-state index in [1.165, 1.54) is 28.0 Å². The van der Waals surface area contributed by atoms with Gasteiger partial charge in [0.15, 0.2) is 12.1 Å². The van der Waals surface area contributed by atoms with Gasteiger partial charge in [-0.15, -0.1) is 23.1 Å². The van der Waals surface area contributed by atoms with Gasteiger partial charge in [0.05, 0.1) is 12.5 Å². The van der Waals surface area contributed by atoms with Crippen molar-refractivity contribution in [1.82, 2.24) is 10.2 Å². The number of rotatable bonds is 7. The predicted molar refractivity (Wildman–Crippen MR) is 134 cm³/mol. The first-order chi connectivity index (χ1) is 17.0. The lowest BCUT2D eigenvalue weighted by molar-refractivity contribution is -0.173. The molecule has 9 heteroatoms. The fraction of sp³-hybridized carbons (Fsp3) is 0.269. The number of carbonyl (C=O) groups excluding carboxylic acids is 3. The number of hydrogen-bond acceptors (Lipinski definition) is 7. The van der Waals surface area contributed by atoms with Gasteiger partial charge in [-0.2, -0.15) is 0 Å². The summed E-state index contributed by atoms with van der Waals surface area (Å²) in [5.74, 6) is -1.05. The lowest BCUT2D eigenvalue weighted by Crippen LogP contribution is -2.76. The number of nitrogens with zero attached hydrogens (tertiary/aromatic N) is 1. The standard InChI is InChI=1S/C26H24N2O5S2/c29-19-15-35-25-21(27-20(30)14-18-12-7-13-34-18)24(31)28(25)22(19)26(32)33-23(16-8-3-1-4-9-16)17-10-5-2-6-11-17/h1-13,19,21-23,25,29H,14-15H2,(H,27,30)/t19?,21-,22-,25-/m1/s1. The van der Waals surface area contributed by atoms with Gasteiger partial charge < -0.3 is 20.1 Å². The highest BCUT2D eigenvalue weighted by Gasteiger charge is 2.58. The maximum Gasteiger partial charge on any atom is 0.332 e. The average molecular weight is 509 g/mol. The van der Waals surface area contributed by atoms with Crippen molar-refractivity contribution >= 4 is 40.9 Å². The second kappa shape index (κ2) is 10.2.